The van der Waals surface area contributed by atoms with Gasteiger partial charge in [-0.2, -0.15) is 23.0 Å². The van der Waals surface area contributed by atoms with Crippen LogP contribution in [0, 0.1) is 5.82 Å². The molecule has 1 amide bonds. The van der Waals surface area contributed by atoms with Crippen molar-refractivity contribution in [1.82, 2.24) is 40.0 Å². The Hall–Kier alpha value is -4.46. The van der Waals surface area contributed by atoms with Crippen LogP contribution in [0.25, 0.3) is 16.9 Å². The zero-order chi connectivity index (χ0) is 27.9. The summed E-state index contributed by atoms with van der Waals surface area (Å²) in [6.07, 6.45) is -0.307. The first kappa shape index (κ1) is 26.2. The number of carbonyl (C=O) groups is 1. The molecule has 0 unspecified atom stereocenters. The van der Waals surface area contributed by atoms with E-state index in [0.29, 0.717) is 17.3 Å². The van der Waals surface area contributed by atoms with Gasteiger partial charge in [-0.1, -0.05) is 17.3 Å². The number of nitrogens with zero attached hydrogens (tertiary/aromatic N) is 7. The first-order valence-corrected chi connectivity index (χ1v) is 11.8. The van der Waals surface area contributed by atoms with Gasteiger partial charge in [0, 0.05) is 36.5 Å². The maximum absolute atomic E-state index is 14.5. The summed E-state index contributed by atoms with van der Waals surface area (Å²) in [7, 11) is 1.99. The van der Waals surface area contributed by atoms with Crippen LogP contribution in [0.15, 0.2) is 59.8 Å². The predicted molar refractivity (Wildman–Crippen MR) is 130 cm³/mol. The van der Waals surface area contributed by atoms with E-state index < -0.39 is 35.1 Å². The molecule has 1 aromatic carbocycles. The van der Waals surface area contributed by atoms with Gasteiger partial charge in [-0.05, 0) is 32.2 Å². The lowest BCUT2D eigenvalue weighted by Gasteiger charge is -2.36. The monoisotopic (exact) mass is 542 g/mol. The van der Waals surface area contributed by atoms with Crippen molar-refractivity contribution >= 4 is 5.91 Å². The normalized spacial score (nSPS) is 15.1. The fourth-order valence-corrected chi connectivity index (χ4v) is 4.39. The van der Waals surface area contributed by atoms with E-state index >= 15 is 0 Å². The Morgan fingerprint density at radius 2 is 1.90 bits per heavy atom. The molecule has 0 spiro atoms. The molecular formula is C25H22F4N8O2. The fraction of sp³-hybridized carbons (Fsp3) is 0.280. The van der Waals surface area contributed by atoms with E-state index in [4.69, 9.17) is 0 Å². The molecule has 1 aliphatic rings. The minimum Gasteiger partial charge on any atom is -0.344 e. The molecule has 5 rings (SSSR count). The Morgan fingerprint density at radius 3 is 2.62 bits per heavy atom. The summed E-state index contributed by atoms with van der Waals surface area (Å²) in [6.45, 7) is 2.96. The van der Waals surface area contributed by atoms with E-state index in [1.165, 1.54) is 19.2 Å². The van der Waals surface area contributed by atoms with Gasteiger partial charge in [0.2, 0.25) is 0 Å². The third kappa shape index (κ3) is 5.14. The van der Waals surface area contributed by atoms with Crippen molar-refractivity contribution in [3.63, 3.8) is 0 Å². The van der Waals surface area contributed by atoms with E-state index in [1.807, 2.05) is 7.05 Å². The SMILES string of the molecule is C[C@@H](NC(=O)c1ccc(=O)n(-c2cncc(-c3cnnn3C3CN(C)C3)c2)n1)c1cccc(C(F)(F)F)c1F. The number of hydrogen-bond donors (Lipinski definition) is 1. The number of likely N-dealkylation sites (N-methyl/N-ethyl adjacent to an activating group) is 1. The molecule has 0 bridgehead atoms. The van der Waals surface area contributed by atoms with Crippen LogP contribution in [0.2, 0.25) is 0 Å². The maximum atomic E-state index is 14.5. The molecule has 10 nitrogen and oxygen atoms in total. The molecule has 4 heterocycles. The summed E-state index contributed by atoms with van der Waals surface area (Å²) in [5.74, 6) is -2.28. The summed E-state index contributed by atoms with van der Waals surface area (Å²) in [6, 6.07) is 5.82. The number of hydrogen-bond acceptors (Lipinski definition) is 7. The van der Waals surface area contributed by atoms with Gasteiger partial charge in [0.05, 0.1) is 41.4 Å². The smallest absolute Gasteiger partial charge is 0.344 e. The zero-order valence-corrected chi connectivity index (χ0v) is 20.7. The predicted octanol–water partition coefficient (Wildman–Crippen LogP) is 3.02. The molecule has 14 heteroatoms. The van der Waals surface area contributed by atoms with Crippen LogP contribution in [-0.2, 0) is 6.18 Å². The van der Waals surface area contributed by atoms with Crippen LogP contribution in [0.4, 0.5) is 17.6 Å². The molecule has 39 heavy (non-hydrogen) atoms. The molecule has 0 aliphatic carbocycles. The first-order chi connectivity index (χ1) is 18.5. The van der Waals surface area contributed by atoms with Crippen LogP contribution in [-0.4, -0.2) is 60.7 Å². The van der Waals surface area contributed by atoms with Crippen molar-refractivity contribution in [2.75, 3.05) is 20.1 Å². The average Bonchev–Trinajstić information content (AvgIpc) is 3.36. The maximum Gasteiger partial charge on any atom is 0.419 e. The molecule has 1 fully saturated rings. The molecule has 1 N–H and O–H groups in total. The number of likely N-dealkylation sites (tertiary alicyclic amines) is 1. The van der Waals surface area contributed by atoms with E-state index in [1.54, 1.807) is 23.1 Å². The highest BCUT2D eigenvalue weighted by molar-refractivity contribution is 5.92. The Labute approximate surface area is 218 Å². The Balaban J connectivity index is 1.40. The molecule has 1 atom stereocenters. The second-order valence-electron chi connectivity index (χ2n) is 9.24. The van der Waals surface area contributed by atoms with Gasteiger partial charge in [-0.3, -0.25) is 14.6 Å². The van der Waals surface area contributed by atoms with Gasteiger partial charge in [0.25, 0.3) is 11.5 Å². The fourth-order valence-electron chi connectivity index (χ4n) is 4.39. The largest absolute Gasteiger partial charge is 0.419 e. The second kappa shape index (κ2) is 10.0. The minimum atomic E-state index is -4.88. The number of pyridine rings is 1. The van der Waals surface area contributed by atoms with Gasteiger partial charge >= 0.3 is 6.18 Å². The summed E-state index contributed by atoms with van der Waals surface area (Å²) in [4.78, 5) is 31.8. The Morgan fingerprint density at radius 1 is 1.13 bits per heavy atom. The number of carbonyl (C=O) groups excluding carboxylic acids is 1. The molecule has 3 aromatic heterocycles. The lowest BCUT2D eigenvalue weighted by Crippen LogP contribution is -2.45. The number of benzene rings is 1. The van der Waals surface area contributed by atoms with Crippen molar-refractivity contribution < 1.29 is 22.4 Å². The topological polar surface area (TPSA) is 111 Å². The molecule has 0 saturated carbocycles. The van der Waals surface area contributed by atoms with E-state index in [2.05, 4.69) is 30.6 Å². The van der Waals surface area contributed by atoms with Crippen molar-refractivity contribution in [2.45, 2.75) is 25.2 Å². The van der Waals surface area contributed by atoms with Gasteiger partial charge in [0.1, 0.15) is 11.5 Å². The highest BCUT2D eigenvalue weighted by Crippen LogP contribution is 2.34. The van der Waals surface area contributed by atoms with Crippen molar-refractivity contribution in [2.24, 2.45) is 0 Å². The van der Waals surface area contributed by atoms with Crippen molar-refractivity contribution in [3.8, 4) is 16.9 Å². The van der Waals surface area contributed by atoms with Crippen LogP contribution in [0.5, 0.6) is 0 Å². The third-order valence-electron chi connectivity index (χ3n) is 6.41. The molecule has 202 valence electrons. The van der Waals surface area contributed by atoms with Crippen LogP contribution < -0.4 is 10.9 Å². The van der Waals surface area contributed by atoms with Crippen molar-refractivity contribution in [3.05, 3.63) is 88.0 Å². The molecule has 4 aromatic rings. The number of aromatic nitrogens is 6. The number of halogens is 4. The summed E-state index contributed by atoms with van der Waals surface area (Å²) >= 11 is 0. The molecule has 1 saturated heterocycles. The highest BCUT2D eigenvalue weighted by Gasteiger charge is 2.35. The van der Waals surface area contributed by atoms with Crippen LogP contribution in [0.1, 0.15) is 40.6 Å². The van der Waals surface area contributed by atoms with Gasteiger partial charge in [0.15, 0.2) is 0 Å². The number of alkyl halides is 3. The Kier molecular flexibility index (Phi) is 6.72. The average molecular weight is 542 g/mol. The molecular weight excluding hydrogens is 520 g/mol. The summed E-state index contributed by atoms with van der Waals surface area (Å²) < 4.78 is 56.6. The van der Waals surface area contributed by atoms with E-state index in [-0.39, 0.29) is 23.0 Å². The number of amides is 1. The second-order valence-corrected chi connectivity index (χ2v) is 9.24. The third-order valence-corrected chi connectivity index (χ3v) is 6.41. The molecule has 0 radical (unpaired) electrons. The zero-order valence-electron chi connectivity index (χ0n) is 20.7. The standard InChI is InChI=1S/C25H22F4N8O2/c1-14(18-4-3-5-19(23(18)26)25(27,28)29)32-24(39)20-6-7-22(38)37(33-20)16-8-15(9-30-10-16)21-11-31-34-36(21)17-12-35(2)13-17/h3-11,14,17H,12-13H2,1-2H3,(H,32,39)/t14-/m1/s1. The van der Waals surface area contributed by atoms with Crippen molar-refractivity contribution in [1.29, 1.82) is 0 Å². The quantitative estimate of drug-likeness (QED) is 0.373. The molecule has 1 aliphatic heterocycles. The first-order valence-electron chi connectivity index (χ1n) is 11.8. The van der Waals surface area contributed by atoms with Crippen LogP contribution in [0.3, 0.4) is 0 Å². The number of rotatable bonds is 6. The Bertz CT molecular complexity index is 1590. The van der Waals surface area contributed by atoms with Crippen LogP contribution >= 0.6 is 0 Å². The van der Waals surface area contributed by atoms with Gasteiger partial charge in [-0.15, -0.1) is 5.10 Å². The lowest BCUT2D eigenvalue weighted by atomic mass is 10.0. The summed E-state index contributed by atoms with van der Waals surface area (Å²) in [5, 5.41) is 14.7. The van der Waals surface area contributed by atoms with Gasteiger partial charge in [-0.25, -0.2) is 9.07 Å². The highest BCUT2D eigenvalue weighted by atomic mass is 19.4. The van der Waals surface area contributed by atoms with E-state index in [9.17, 15) is 27.2 Å². The lowest BCUT2D eigenvalue weighted by molar-refractivity contribution is -0.140. The van der Waals surface area contributed by atoms with Gasteiger partial charge < -0.3 is 10.2 Å². The number of nitrogens with one attached hydrogen (secondary N) is 1. The van der Waals surface area contributed by atoms with E-state index in [0.717, 1.165) is 36.0 Å². The minimum absolute atomic E-state index is 0.146. The summed E-state index contributed by atoms with van der Waals surface area (Å²) in [5.41, 5.74) is -0.932.